The summed E-state index contributed by atoms with van der Waals surface area (Å²) < 4.78 is 0. The van der Waals surface area contributed by atoms with Crippen molar-refractivity contribution in [3.8, 4) is 0 Å². The molecule has 2 rings (SSSR count). The number of carbonyl (C=O) groups excluding carboxylic acids is 2. The van der Waals surface area contributed by atoms with E-state index >= 15 is 0 Å². The molecule has 7 heteroatoms. The zero-order chi connectivity index (χ0) is 18.6. The van der Waals surface area contributed by atoms with Gasteiger partial charge in [0.1, 0.15) is 0 Å². The number of piperidine rings is 1. The number of carboxylic acid groups (broad SMARTS) is 1. The first-order valence-electron chi connectivity index (χ1n) is 8.33. The van der Waals surface area contributed by atoms with Crippen molar-refractivity contribution in [3.63, 3.8) is 0 Å². The van der Waals surface area contributed by atoms with Gasteiger partial charge in [-0.15, -0.1) is 0 Å². The van der Waals surface area contributed by atoms with Crippen LogP contribution in [0, 0.1) is 5.92 Å². The van der Waals surface area contributed by atoms with Crippen LogP contribution in [0.15, 0.2) is 24.3 Å². The lowest BCUT2D eigenvalue weighted by molar-refractivity contribution is -0.136. The molecule has 0 unspecified atom stereocenters. The summed E-state index contributed by atoms with van der Waals surface area (Å²) in [7, 11) is 5.21. The molecule has 1 saturated heterocycles. The van der Waals surface area contributed by atoms with E-state index in [9.17, 15) is 14.4 Å². The lowest BCUT2D eigenvalue weighted by Gasteiger charge is -2.34. The number of carbonyl (C=O) groups is 3. The Labute approximate surface area is 147 Å². The summed E-state index contributed by atoms with van der Waals surface area (Å²) in [5, 5.41) is 8.92. The minimum absolute atomic E-state index is 0.0160. The second kappa shape index (κ2) is 8.00. The van der Waals surface area contributed by atoms with Gasteiger partial charge in [0.05, 0.1) is 5.56 Å². The third-order valence-corrected chi connectivity index (χ3v) is 4.49. The number of likely N-dealkylation sites (tertiary alicyclic amines) is 1. The molecule has 7 nitrogen and oxygen atoms in total. The topological polar surface area (TPSA) is 81.2 Å². The lowest BCUT2D eigenvalue weighted by Crippen LogP contribution is -2.46. The van der Waals surface area contributed by atoms with Crippen LogP contribution in [0.1, 0.15) is 28.8 Å². The predicted octanol–water partition coefficient (Wildman–Crippen LogP) is 1.74. The summed E-state index contributed by atoms with van der Waals surface area (Å²) in [5.74, 6) is -0.969. The standard InChI is InChI=1S/C18H25N3O4/c1-19(2)18(25)21-10-8-14(9-11-21)16(22)20(3)12-13-4-6-15(7-5-13)17(23)24/h4-7,14H,8-12H2,1-3H3,(H,23,24). The number of hydrogen-bond donors (Lipinski definition) is 1. The molecule has 25 heavy (non-hydrogen) atoms. The molecular formula is C18H25N3O4. The Bertz CT molecular complexity index is 634. The molecule has 0 aromatic heterocycles. The van der Waals surface area contributed by atoms with Crippen LogP contribution in [0.25, 0.3) is 0 Å². The largest absolute Gasteiger partial charge is 0.478 e. The van der Waals surface area contributed by atoms with E-state index in [4.69, 9.17) is 5.11 Å². The molecule has 1 fully saturated rings. The van der Waals surface area contributed by atoms with E-state index in [2.05, 4.69) is 0 Å². The van der Waals surface area contributed by atoms with Gasteiger partial charge in [-0.2, -0.15) is 0 Å². The van der Waals surface area contributed by atoms with Gasteiger partial charge in [0.25, 0.3) is 0 Å². The normalized spacial score (nSPS) is 14.9. The zero-order valence-electron chi connectivity index (χ0n) is 14.9. The smallest absolute Gasteiger partial charge is 0.335 e. The molecule has 0 radical (unpaired) electrons. The molecule has 0 spiro atoms. The molecule has 136 valence electrons. The van der Waals surface area contributed by atoms with Crippen LogP contribution >= 0.6 is 0 Å². The fourth-order valence-corrected chi connectivity index (χ4v) is 3.02. The van der Waals surface area contributed by atoms with E-state index in [1.807, 2.05) is 0 Å². The number of amides is 3. The molecule has 0 bridgehead atoms. The molecule has 3 amide bonds. The van der Waals surface area contributed by atoms with E-state index in [0.29, 0.717) is 32.5 Å². The highest BCUT2D eigenvalue weighted by Gasteiger charge is 2.29. The Morgan fingerprint density at radius 2 is 1.64 bits per heavy atom. The van der Waals surface area contributed by atoms with Gasteiger partial charge in [-0.3, -0.25) is 4.79 Å². The third-order valence-electron chi connectivity index (χ3n) is 4.49. The Hall–Kier alpha value is -2.57. The molecular weight excluding hydrogens is 322 g/mol. The van der Waals surface area contributed by atoms with Crippen molar-refractivity contribution in [2.24, 2.45) is 5.92 Å². The summed E-state index contributed by atoms with van der Waals surface area (Å²) in [4.78, 5) is 40.4. The third kappa shape index (κ3) is 4.71. The zero-order valence-corrected chi connectivity index (χ0v) is 14.9. The first-order chi connectivity index (χ1) is 11.8. The number of rotatable bonds is 4. The molecule has 1 N–H and O–H groups in total. The van der Waals surface area contributed by atoms with Crippen molar-refractivity contribution < 1.29 is 19.5 Å². The van der Waals surface area contributed by atoms with Crippen LogP contribution in [0.5, 0.6) is 0 Å². The van der Waals surface area contributed by atoms with Gasteiger partial charge in [0.15, 0.2) is 0 Å². The van der Waals surface area contributed by atoms with Crippen LogP contribution in [0.3, 0.4) is 0 Å². The number of hydrogen-bond acceptors (Lipinski definition) is 3. The van der Waals surface area contributed by atoms with Crippen LogP contribution in [0.4, 0.5) is 4.79 Å². The Morgan fingerprint density at radius 3 is 2.12 bits per heavy atom. The van der Waals surface area contributed by atoms with E-state index in [-0.39, 0.29) is 23.4 Å². The van der Waals surface area contributed by atoms with Gasteiger partial charge >= 0.3 is 12.0 Å². The maximum atomic E-state index is 12.6. The van der Waals surface area contributed by atoms with Crippen LogP contribution in [0.2, 0.25) is 0 Å². The number of aromatic carboxylic acids is 1. The molecule has 1 aliphatic heterocycles. The van der Waals surface area contributed by atoms with Crippen LogP contribution in [-0.2, 0) is 11.3 Å². The highest BCUT2D eigenvalue weighted by molar-refractivity contribution is 5.87. The van der Waals surface area contributed by atoms with Crippen molar-refractivity contribution in [2.45, 2.75) is 19.4 Å². The molecule has 0 saturated carbocycles. The molecule has 1 heterocycles. The van der Waals surface area contributed by atoms with E-state index < -0.39 is 5.97 Å². The first-order valence-corrected chi connectivity index (χ1v) is 8.33. The molecule has 0 aliphatic carbocycles. The second-order valence-corrected chi connectivity index (χ2v) is 6.63. The minimum atomic E-state index is -0.963. The molecule has 1 aromatic rings. The van der Waals surface area contributed by atoms with Crippen molar-refractivity contribution in [3.05, 3.63) is 35.4 Å². The van der Waals surface area contributed by atoms with Crippen molar-refractivity contribution in [1.29, 1.82) is 0 Å². The summed E-state index contributed by atoms with van der Waals surface area (Å²) in [5.41, 5.74) is 1.12. The lowest BCUT2D eigenvalue weighted by atomic mass is 9.95. The van der Waals surface area contributed by atoms with E-state index in [0.717, 1.165) is 5.56 Å². The van der Waals surface area contributed by atoms with Gasteiger partial charge in [-0.05, 0) is 30.5 Å². The summed E-state index contributed by atoms with van der Waals surface area (Å²) in [6.45, 7) is 1.62. The summed E-state index contributed by atoms with van der Waals surface area (Å²) >= 11 is 0. The molecule has 0 atom stereocenters. The number of carboxylic acids is 1. The van der Waals surface area contributed by atoms with Crippen LogP contribution in [-0.4, -0.2) is 71.9 Å². The van der Waals surface area contributed by atoms with Gasteiger partial charge in [0.2, 0.25) is 5.91 Å². The fraction of sp³-hybridized carbons (Fsp3) is 0.500. The highest BCUT2D eigenvalue weighted by atomic mass is 16.4. The first kappa shape index (κ1) is 18.8. The molecule has 1 aliphatic rings. The number of benzene rings is 1. The van der Waals surface area contributed by atoms with Crippen molar-refractivity contribution >= 4 is 17.9 Å². The van der Waals surface area contributed by atoms with Crippen molar-refractivity contribution in [2.75, 3.05) is 34.2 Å². The maximum Gasteiger partial charge on any atom is 0.335 e. The monoisotopic (exact) mass is 347 g/mol. The van der Waals surface area contributed by atoms with Gasteiger partial charge < -0.3 is 19.8 Å². The quantitative estimate of drug-likeness (QED) is 0.899. The average molecular weight is 347 g/mol. The van der Waals surface area contributed by atoms with E-state index in [1.165, 1.54) is 0 Å². The SMILES string of the molecule is CN(C)C(=O)N1CCC(C(=O)N(C)Cc2ccc(C(=O)O)cc2)CC1. The van der Waals surface area contributed by atoms with Gasteiger partial charge in [-0.1, -0.05) is 12.1 Å². The van der Waals surface area contributed by atoms with Crippen LogP contribution < -0.4 is 0 Å². The highest BCUT2D eigenvalue weighted by Crippen LogP contribution is 2.21. The second-order valence-electron chi connectivity index (χ2n) is 6.63. The Morgan fingerprint density at radius 1 is 1.08 bits per heavy atom. The van der Waals surface area contributed by atoms with Gasteiger partial charge in [-0.25, -0.2) is 9.59 Å². The minimum Gasteiger partial charge on any atom is -0.478 e. The molecule has 1 aromatic carbocycles. The fourth-order valence-electron chi connectivity index (χ4n) is 3.02. The summed E-state index contributed by atoms with van der Waals surface area (Å²) in [6.07, 6.45) is 1.33. The average Bonchev–Trinajstić information content (AvgIpc) is 2.60. The van der Waals surface area contributed by atoms with Gasteiger partial charge in [0, 0.05) is 46.7 Å². The van der Waals surface area contributed by atoms with Crippen molar-refractivity contribution in [1.82, 2.24) is 14.7 Å². The predicted molar refractivity (Wildman–Crippen MR) is 93.3 cm³/mol. The summed E-state index contributed by atoms with van der Waals surface area (Å²) in [6, 6.07) is 6.53. The van der Waals surface area contributed by atoms with E-state index in [1.54, 1.807) is 60.1 Å². The maximum absolute atomic E-state index is 12.6. The number of nitrogens with zero attached hydrogens (tertiary/aromatic N) is 3. The number of urea groups is 1. The Balaban J connectivity index is 1.88. The Kier molecular flexibility index (Phi) is 6.01.